The zero-order valence-corrected chi connectivity index (χ0v) is 6.84. The van der Waals surface area contributed by atoms with Crippen LogP contribution < -0.4 is 11.2 Å². The molecule has 0 unspecified atom stereocenters. The summed E-state index contributed by atoms with van der Waals surface area (Å²) in [6.07, 6.45) is 0.938. The average molecular weight is 164 g/mol. The molecule has 0 radical (unpaired) electrons. The molecular formula is C9H12N2O. The molecule has 3 N–H and O–H groups in total. The third-order valence-corrected chi connectivity index (χ3v) is 2.07. The predicted molar refractivity (Wildman–Crippen MR) is 47.4 cm³/mol. The fourth-order valence-corrected chi connectivity index (χ4v) is 1.41. The fraction of sp³-hybridized carbons (Fsp3) is 0.333. The maximum absolute atomic E-state index is 5.67. The van der Waals surface area contributed by atoms with Crippen molar-refractivity contribution in [3.8, 4) is 0 Å². The van der Waals surface area contributed by atoms with Gasteiger partial charge in [-0.3, -0.25) is 0 Å². The molecule has 3 heteroatoms. The van der Waals surface area contributed by atoms with Crippen LogP contribution in [0.25, 0.3) is 0 Å². The van der Waals surface area contributed by atoms with Gasteiger partial charge in [0.25, 0.3) is 0 Å². The monoisotopic (exact) mass is 164 g/mol. The largest absolute Gasteiger partial charge is 0.399 e. The van der Waals surface area contributed by atoms with Gasteiger partial charge in [0.15, 0.2) is 0 Å². The minimum Gasteiger partial charge on any atom is -0.399 e. The topological polar surface area (TPSA) is 47.3 Å². The lowest BCUT2D eigenvalue weighted by atomic mass is 10.0. The number of benzene rings is 1. The van der Waals surface area contributed by atoms with Gasteiger partial charge < -0.3 is 10.6 Å². The van der Waals surface area contributed by atoms with Crippen LogP contribution in [0, 0.1) is 0 Å². The molecule has 0 saturated carbocycles. The Hall–Kier alpha value is -1.06. The van der Waals surface area contributed by atoms with Crippen molar-refractivity contribution in [2.45, 2.75) is 13.0 Å². The third kappa shape index (κ3) is 1.42. The Morgan fingerprint density at radius 1 is 1.33 bits per heavy atom. The van der Waals surface area contributed by atoms with Gasteiger partial charge in [0.05, 0.1) is 6.61 Å². The number of hydrogen-bond acceptors (Lipinski definition) is 3. The summed E-state index contributed by atoms with van der Waals surface area (Å²) >= 11 is 0. The van der Waals surface area contributed by atoms with Gasteiger partial charge in [-0.05, 0) is 29.7 Å². The number of rotatable bonds is 0. The minimum absolute atomic E-state index is 0.719. The molecule has 0 aliphatic carbocycles. The first-order valence-electron chi connectivity index (χ1n) is 4.08. The molecule has 1 heterocycles. The highest BCUT2D eigenvalue weighted by Gasteiger charge is 2.06. The molecule has 0 fully saturated rings. The van der Waals surface area contributed by atoms with Crippen LogP contribution >= 0.6 is 0 Å². The standard InChI is InChI=1S/C9H12N2O/c10-9-2-1-8-6-11-12-4-3-7(8)5-9/h1-2,5,11H,3-4,6,10H2. The van der Waals surface area contributed by atoms with Crippen LogP contribution in [0.1, 0.15) is 11.1 Å². The number of hydroxylamine groups is 1. The van der Waals surface area contributed by atoms with E-state index in [1.165, 1.54) is 11.1 Å². The van der Waals surface area contributed by atoms with Crippen molar-refractivity contribution in [2.24, 2.45) is 0 Å². The molecule has 2 rings (SSSR count). The van der Waals surface area contributed by atoms with E-state index in [1.807, 2.05) is 18.2 Å². The number of fused-ring (bicyclic) bond motifs is 1. The van der Waals surface area contributed by atoms with Crippen LogP contribution in [0.2, 0.25) is 0 Å². The van der Waals surface area contributed by atoms with Crippen LogP contribution in [0.4, 0.5) is 5.69 Å². The van der Waals surface area contributed by atoms with Crippen molar-refractivity contribution in [1.82, 2.24) is 5.48 Å². The van der Waals surface area contributed by atoms with Gasteiger partial charge in [0.2, 0.25) is 0 Å². The summed E-state index contributed by atoms with van der Waals surface area (Å²) in [7, 11) is 0. The van der Waals surface area contributed by atoms with Gasteiger partial charge in [0, 0.05) is 12.2 Å². The smallest absolute Gasteiger partial charge is 0.0722 e. The van der Waals surface area contributed by atoms with Gasteiger partial charge >= 0.3 is 0 Å². The number of nitrogens with one attached hydrogen (secondary N) is 1. The quantitative estimate of drug-likeness (QED) is 0.559. The molecular weight excluding hydrogens is 152 g/mol. The maximum atomic E-state index is 5.67. The zero-order valence-electron chi connectivity index (χ0n) is 6.84. The molecule has 1 aliphatic rings. The van der Waals surface area contributed by atoms with Crippen molar-refractivity contribution < 1.29 is 4.84 Å². The highest BCUT2D eigenvalue weighted by atomic mass is 16.6. The Morgan fingerprint density at radius 3 is 3.17 bits per heavy atom. The number of nitrogen functional groups attached to an aromatic ring is 1. The van der Waals surface area contributed by atoms with Crippen LogP contribution in [0.5, 0.6) is 0 Å². The van der Waals surface area contributed by atoms with Crippen molar-refractivity contribution in [2.75, 3.05) is 12.3 Å². The Morgan fingerprint density at radius 2 is 2.25 bits per heavy atom. The average Bonchev–Trinajstić information content (AvgIpc) is 2.28. The summed E-state index contributed by atoms with van der Waals surface area (Å²) in [6, 6.07) is 5.99. The van der Waals surface area contributed by atoms with Crippen molar-refractivity contribution in [3.05, 3.63) is 29.3 Å². The number of hydrogen-bond donors (Lipinski definition) is 2. The van der Waals surface area contributed by atoms with Crippen LogP contribution in [-0.2, 0) is 17.8 Å². The zero-order chi connectivity index (χ0) is 8.39. The van der Waals surface area contributed by atoms with E-state index in [0.29, 0.717) is 0 Å². The second-order valence-corrected chi connectivity index (χ2v) is 2.95. The Kier molecular flexibility index (Phi) is 1.98. The van der Waals surface area contributed by atoms with E-state index in [-0.39, 0.29) is 0 Å². The van der Waals surface area contributed by atoms with E-state index < -0.39 is 0 Å². The Balaban J connectivity index is 2.36. The van der Waals surface area contributed by atoms with Gasteiger partial charge in [-0.25, -0.2) is 0 Å². The molecule has 0 spiro atoms. The molecule has 0 amide bonds. The van der Waals surface area contributed by atoms with E-state index in [1.54, 1.807) is 0 Å². The molecule has 1 aliphatic heterocycles. The summed E-state index contributed by atoms with van der Waals surface area (Å²) in [5, 5.41) is 0. The first-order valence-corrected chi connectivity index (χ1v) is 4.08. The summed E-state index contributed by atoms with van der Waals surface area (Å²) < 4.78 is 0. The van der Waals surface area contributed by atoms with Gasteiger partial charge in [-0.2, -0.15) is 5.48 Å². The molecule has 3 nitrogen and oxygen atoms in total. The van der Waals surface area contributed by atoms with Gasteiger partial charge in [-0.1, -0.05) is 6.07 Å². The first-order chi connectivity index (χ1) is 5.86. The predicted octanol–water partition coefficient (Wildman–Crippen LogP) is 0.846. The first kappa shape index (κ1) is 7.58. The van der Waals surface area contributed by atoms with Crippen molar-refractivity contribution in [3.63, 3.8) is 0 Å². The lowest BCUT2D eigenvalue weighted by Gasteiger charge is -2.04. The number of anilines is 1. The molecule has 0 bridgehead atoms. The third-order valence-electron chi connectivity index (χ3n) is 2.07. The van der Waals surface area contributed by atoms with Crippen molar-refractivity contribution >= 4 is 5.69 Å². The lowest BCUT2D eigenvalue weighted by molar-refractivity contribution is 0.0444. The van der Waals surface area contributed by atoms with E-state index in [0.717, 1.165) is 25.3 Å². The van der Waals surface area contributed by atoms with Crippen LogP contribution in [0.3, 0.4) is 0 Å². The minimum atomic E-state index is 0.719. The summed E-state index contributed by atoms with van der Waals surface area (Å²) in [4.78, 5) is 5.13. The number of nitrogens with two attached hydrogens (primary N) is 1. The lowest BCUT2D eigenvalue weighted by Crippen LogP contribution is -2.11. The highest BCUT2D eigenvalue weighted by molar-refractivity contribution is 5.45. The highest BCUT2D eigenvalue weighted by Crippen LogP contribution is 2.15. The molecule has 1 aromatic rings. The molecule has 0 aromatic heterocycles. The SMILES string of the molecule is Nc1ccc2c(c1)CCONC2. The van der Waals surface area contributed by atoms with E-state index >= 15 is 0 Å². The second-order valence-electron chi connectivity index (χ2n) is 2.95. The van der Waals surface area contributed by atoms with Crippen LogP contribution in [-0.4, -0.2) is 6.61 Å². The van der Waals surface area contributed by atoms with Crippen LogP contribution in [0.15, 0.2) is 18.2 Å². The Bertz CT molecular complexity index is 286. The van der Waals surface area contributed by atoms with E-state index in [4.69, 9.17) is 10.6 Å². The summed E-state index contributed by atoms with van der Waals surface area (Å²) in [5.74, 6) is 0. The van der Waals surface area contributed by atoms with E-state index in [2.05, 4.69) is 5.48 Å². The molecule has 64 valence electrons. The van der Waals surface area contributed by atoms with E-state index in [9.17, 15) is 0 Å². The molecule has 12 heavy (non-hydrogen) atoms. The summed E-state index contributed by atoms with van der Waals surface area (Å²) in [5.41, 5.74) is 12.0. The Labute approximate surface area is 71.5 Å². The second kappa shape index (κ2) is 3.13. The molecule has 1 aromatic carbocycles. The van der Waals surface area contributed by atoms with Crippen molar-refractivity contribution in [1.29, 1.82) is 0 Å². The normalized spacial score (nSPS) is 16.7. The molecule has 0 saturated heterocycles. The maximum Gasteiger partial charge on any atom is 0.0722 e. The van der Waals surface area contributed by atoms with Gasteiger partial charge in [-0.15, -0.1) is 0 Å². The molecule has 0 atom stereocenters. The fourth-order valence-electron chi connectivity index (χ4n) is 1.41. The van der Waals surface area contributed by atoms with Gasteiger partial charge in [0.1, 0.15) is 0 Å². The summed E-state index contributed by atoms with van der Waals surface area (Å²) in [6.45, 7) is 1.49.